The Balaban J connectivity index is 3.12. The minimum absolute atomic E-state index is 0.0688. The molecule has 0 spiro atoms. The van der Waals surface area contributed by atoms with Crippen molar-refractivity contribution in [3.8, 4) is 0 Å². The lowest BCUT2D eigenvalue weighted by molar-refractivity contribution is -0.119. The maximum Gasteiger partial charge on any atom is 0.233 e. The molecule has 1 amide bonds. The molecule has 10 heavy (non-hydrogen) atoms. The predicted octanol–water partition coefficient (Wildman–Crippen LogP) is -1.30. The number of hydrogen-bond acceptors (Lipinski definition) is 3. The Hall–Kier alpha value is -0.610. The fourth-order valence-corrected chi connectivity index (χ4v) is 0.483. The van der Waals surface area contributed by atoms with E-state index in [0.717, 1.165) is 0 Å². The van der Waals surface area contributed by atoms with Gasteiger partial charge in [-0.05, 0) is 6.92 Å². The topological polar surface area (TPSA) is 61.4 Å². The van der Waals surface area contributed by atoms with E-state index >= 15 is 0 Å². The molecule has 0 saturated carbocycles. The average Bonchev–Trinajstić information content (AvgIpc) is 1.87. The zero-order chi connectivity index (χ0) is 7.98. The molecule has 0 aliphatic heterocycles. The number of nitrogens with one attached hydrogen (secondary N) is 2. The van der Waals surface area contributed by atoms with Crippen LogP contribution in [0.15, 0.2) is 0 Å². The molecule has 4 nitrogen and oxygen atoms in total. The molecule has 3 N–H and O–H groups in total. The highest BCUT2D eigenvalue weighted by Crippen LogP contribution is 1.72. The Labute approximate surface area is 60.6 Å². The van der Waals surface area contributed by atoms with Crippen LogP contribution in [-0.2, 0) is 4.79 Å². The zero-order valence-corrected chi connectivity index (χ0v) is 6.35. The van der Waals surface area contributed by atoms with Gasteiger partial charge in [0.2, 0.25) is 5.91 Å². The molecule has 0 aliphatic carbocycles. The smallest absolute Gasteiger partial charge is 0.233 e. The Kier molecular flexibility index (Phi) is 4.88. The lowest BCUT2D eigenvalue weighted by Crippen LogP contribution is -2.34. The summed E-state index contributed by atoms with van der Waals surface area (Å²) < 4.78 is 0. The van der Waals surface area contributed by atoms with Gasteiger partial charge in [-0.1, -0.05) is 0 Å². The van der Waals surface area contributed by atoms with E-state index in [1.165, 1.54) is 0 Å². The summed E-state index contributed by atoms with van der Waals surface area (Å²) >= 11 is 0. The van der Waals surface area contributed by atoms with Crippen LogP contribution in [0.4, 0.5) is 0 Å². The summed E-state index contributed by atoms with van der Waals surface area (Å²) in [5.74, 6) is -0.0688. The summed E-state index contributed by atoms with van der Waals surface area (Å²) in [6.07, 6.45) is -0.398. The van der Waals surface area contributed by atoms with Gasteiger partial charge in [0.25, 0.3) is 0 Å². The van der Waals surface area contributed by atoms with Crippen LogP contribution in [0.2, 0.25) is 0 Å². The van der Waals surface area contributed by atoms with Crippen LogP contribution in [0.1, 0.15) is 6.92 Å². The first kappa shape index (κ1) is 9.39. The minimum atomic E-state index is -0.398. The Bertz CT molecular complexity index is 104. The van der Waals surface area contributed by atoms with Crippen molar-refractivity contribution in [3.63, 3.8) is 0 Å². The molecule has 60 valence electrons. The third-order valence-electron chi connectivity index (χ3n) is 1.00. The summed E-state index contributed by atoms with van der Waals surface area (Å²) in [5, 5.41) is 14.0. The summed E-state index contributed by atoms with van der Waals surface area (Å²) in [5.41, 5.74) is 0. The van der Waals surface area contributed by atoms with E-state index < -0.39 is 6.10 Å². The molecule has 0 aliphatic rings. The first-order chi connectivity index (χ1) is 4.66. The Morgan fingerprint density at radius 2 is 2.30 bits per heavy atom. The molecule has 0 aromatic heterocycles. The molecule has 0 saturated heterocycles. The zero-order valence-electron chi connectivity index (χ0n) is 6.35. The average molecular weight is 146 g/mol. The number of aliphatic hydroxyl groups excluding tert-OH is 1. The Morgan fingerprint density at radius 3 is 2.70 bits per heavy atom. The molecule has 4 heteroatoms. The van der Waals surface area contributed by atoms with Crippen LogP contribution in [-0.4, -0.2) is 37.3 Å². The van der Waals surface area contributed by atoms with Gasteiger partial charge in [0.15, 0.2) is 0 Å². The highest BCUT2D eigenvalue weighted by atomic mass is 16.3. The monoisotopic (exact) mass is 146 g/mol. The first-order valence-electron chi connectivity index (χ1n) is 3.26. The largest absolute Gasteiger partial charge is 0.392 e. The van der Waals surface area contributed by atoms with Gasteiger partial charge in [0.05, 0.1) is 12.6 Å². The maximum absolute atomic E-state index is 10.5. The van der Waals surface area contributed by atoms with Crippen LogP contribution in [0.5, 0.6) is 0 Å². The van der Waals surface area contributed by atoms with E-state index in [4.69, 9.17) is 5.11 Å². The summed E-state index contributed by atoms with van der Waals surface area (Å²) in [4.78, 5) is 10.5. The molecule has 0 aromatic carbocycles. The van der Waals surface area contributed by atoms with Crippen molar-refractivity contribution in [1.29, 1.82) is 0 Å². The standard InChI is InChI=1S/C6H14N2O2/c1-5(9)3-8-4-6(10)7-2/h5,8-9H,3-4H2,1-2H3,(H,7,10). The highest BCUT2D eigenvalue weighted by molar-refractivity contribution is 5.77. The summed E-state index contributed by atoms with van der Waals surface area (Å²) in [7, 11) is 1.58. The van der Waals surface area contributed by atoms with E-state index in [0.29, 0.717) is 6.54 Å². The molecular formula is C6H14N2O2. The number of aliphatic hydroxyl groups is 1. The highest BCUT2D eigenvalue weighted by Gasteiger charge is 1.97. The molecule has 0 aromatic rings. The SMILES string of the molecule is CNC(=O)CNCC(C)O. The van der Waals surface area contributed by atoms with Crippen molar-refractivity contribution in [2.24, 2.45) is 0 Å². The van der Waals surface area contributed by atoms with Crippen molar-refractivity contribution in [2.45, 2.75) is 13.0 Å². The fraction of sp³-hybridized carbons (Fsp3) is 0.833. The quantitative estimate of drug-likeness (QED) is 0.462. The van der Waals surface area contributed by atoms with E-state index in [1.54, 1.807) is 14.0 Å². The number of rotatable bonds is 4. The molecule has 0 radical (unpaired) electrons. The van der Waals surface area contributed by atoms with E-state index in [-0.39, 0.29) is 12.5 Å². The molecule has 0 bridgehead atoms. The summed E-state index contributed by atoms with van der Waals surface area (Å²) in [6, 6.07) is 0. The second-order valence-corrected chi connectivity index (χ2v) is 2.15. The number of carbonyl (C=O) groups excluding carboxylic acids is 1. The molecule has 0 rings (SSSR count). The van der Waals surface area contributed by atoms with Gasteiger partial charge in [-0.15, -0.1) is 0 Å². The number of amides is 1. The van der Waals surface area contributed by atoms with E-state index in [2.05, 4.69) is 10.6 Å². The second-order valence-electron chi connectivity index (χ2n) is 2.15. The lowest BCUT2D eigenvalue weighted by Gasteiger charge is -2.04. The van der Waals surface area contributed by atoms with Crippen LogP contribution < -0.4 is 10.6 Å². The van der Waals surface area contributed by atoms with Gasteiger partial charge in [-0.25, -0.2) is 0 Å². The normalized spacial score (nSPS) is 12.7. The number of hydrogen-bond donors (Lipinski definition) is 3. The first-order valence-corrected chi connectivity index (χ1v) is 3.26. The van der Waals surface area contributed by atoms with Gasteiger partial charge >= 0.3 is 0 Å². The summed E-state index contributed by atoms with van der Waals surface area (Å²) in [6.45, 7) is 2.38. The van der Waals surface area contributed by atoms with E-state index in [1.807, 2.05) is 0 Å². The molecular weight excluding hydrogens is 132 g/mol. The van der Waals surface area contributed by atoms with E-state index in [9.17, 15) is 4.79 Å². The van der Waals surface area contributed by atoms with Gasteiger partial charge in [0.1, 0.15) is 0 Å². The van der Waals surface area contributed by atoms with Gasteiger partial charge in [-0.3, -0.25) is 4.79 Å². The van der Waals surface area contributed by atoms with Crippen LogP contribution in [0, 0.1) is 0 Å². The lowest BCUT2D eigenvalue weighted by atomic mass is 10.4. The Morgan fingerprint density at radius 1 is 1.70 bits per heavy atom. The fourth-order valence-electron chi connectivity index (χ4n) is 0.483. The van der Waals surface area contributed by atoms with Crippen LogP contribution in [0.25, 0.3) is 0 Å². The van der Waals surface area contributed by atoms with Crippen molar-refractivity contribution < 1.29 is 9.90 Å². The molecule has 0 fully saturated rings. The molecule has 1 atom stereocenters. The molecule has 0 heterocycles. The van der Waals surface area contributed by atoms with Crippen molar-refractivity contribution in [1.82, 2.24) is 10.6 Å². The second kappa shape index (κ2) is 5.20. The van der Waals surface area contributed by atoms with Gasteiger partial charge in [-0.2, -0.15) is 0 Å². The maximum atomic E-state index is 10.5. The number of carbonyl (C=O) groups is 1. The van der Waals surface area contributed by atoms with Gasteiger partial charge < -0.3 is 15.7 Å². The molecule has 1 unspecified atom stereocenters. The third-order valence-corrected chi connectivity index (χ3v) is 1.00. The third kappa shape index (κ3) is 5.53. The predicted molar refractivity (Wildman–Crippen MR) is 38.6 cm³/mol. The minimum Gasteiger partial charge on any atom is -0.392 e. The van der Waals surface area contributed by atoms with Crippen LogP contribution in [0.3, 0.4) is 0 Å². The van der Waals surface area contributed by atoms with Gasteiger partial charge in [0, 0.05) is 13.6 Å². The van der Waals surface area contributed by atoms with Crippen molar-refractivity contribution >= 4 is 5.91 Å². The van der Waals surface area contributed by atoms with Crippen molar-refractivity contribution in [2.75, 3.05) is 20.1 Å². The van der Waals surface area contributed by atoms with Crippen LogP contribution >= 0.6 is 0 Å². The number of likely N-dealkylation sites (N-methyl/N-ethyl adjacent to an activating group) is 1. The van der Waals surface area contributed by atoms with Crippen molar-refractivity contribution in [3.05, 3.63) is 0 Å².